The van der Waals surface area contributed by atoms with E-state index in [1.54, 1.807) is 0 Å². The second kappa shape index (κ2) is 42.2. The number of esters is 2. The van der Waals surface area contributed by atoms with Crippen molar-refractivity contribution in [2.75, 3.05) is 47.5 Å². The number of aliphatic carboxylic acids is 1. The van der Waals surface area contributed by atoms with Crippen LogP contribution in [0.25, 0.3) is 0 Å². The zero-order valence-electron chi connectivity index (χ0n) is 38.6. The maximum atomic E-state index is 12.8. The molecule has 0 aliphatic rings. The molecule has 0 aliphatic carbocycles. The van der Waals surface area contributed by atoms with Gasteiger partial charge in [0, 0.05) is 12.8 Å². The third-order valence-corrected chi connectivity index (χ3v) is 9.42. The van der Waals surface area contributed by atoms with Gasteiger partial charge >= 0.3 is 17.9 Å². The molecule has 0 rings (SSSR count). The molecule has 0 heterocycles. The van der Waals surface area contributed by atoms with E-state index in [1.807, 2.05) is 21.1 Å². The molecule has 0 saturated carbocycles. The monoisotopic (exact) mass is 841 g/mol. The van der Waals surface area contributed by atoms with E-state index in [4.69, 9.17) is 18.9 Å². The van der Waals surface area contributed by atoms with Crippen molar-refractivity contribution in [3.63, 3.8) is 0 Å². The zero-order valence-corrected chi connectivity index (χ0v) is 38.6. The number of likely N-dealkylation sites (N-methyl/N-ethyl adjacent to an activating group) is 1. The number of hydrogen-bond acceptors (Lipinski definition) is 7. The van der Waals surface area contributed by atoms with Gasteiger partial charge in [-0.3, -0.25) is 9.59 Å². The highest BCUT2D eigenvalue weighted by Gasteiger charge is 2.25. The summed E-state index contributed by atoms with van der Waals surface area (Å²) in [5.41, 5.74) is 0. The molecule has 2 unspecified atom stereocenters. The molecular formula is C51H86NO8+. The fraction of sp³-hybridized carbons (Fsp3) is 0.667. The van der Waals surface area contributed by atoms with Crippen LogP contribution in [-0.4, -0.2) is 87.4 Å². The Hall–Kier alpha value is -3.53. The molecule has 0 aliphatic heterocycles. The third kappa shape index (κ3) is 42.6. The second-order valence-corrected chi connectivity index (χ2v) is 16.3. The Kier molecular flexibility index (Phi) is 39.7. The predicted molar refractivity (Wildman–Crippen MR) is 249 cm³/mol. The van der Waals surface area contributed by atoms with E-state index in [-0.39, 0.29) is 32.2 Å². The van der Waals surface area contributed by atoms with Crippen molar-refractivity contribution in [2.24, 2.45) is 0 Å². The lowest BCUT2D eigenvalue weighted by Gasteiger charge is -2.25. The van der Waals surface area contributed by atoms with Crippen LogP contribution in [-0.2, 0) is 33.3 Å². The van der Waals surface area contributed by atoms with Crippen LogP contribution in [0.2, 0.25) is 0 Å². The Morgan fingerprint density at radius 2 is 0.950 bits per heavy atom. The first-order valence-electron chi connectivity index (χ1n) is 23.3. The van der Waals surface area contributed by atoms with Crippen LogP contribution < -0.4 is 0 Å². The van der Waals surface area contributed by atoms with Crippen molar-refractivity contribution in [3.8, 4) is 0 Å². The first-order valence-corrected chi connectivity index (χ1v) is 23.3. The SMILES string of the molecule is CC/C=C\C/C=C\C/C=C\C/C=C\C/C=C\C/C=C\C/C=C\CCCCCC(=O)OC(COC(=O)CCCCCCCCCCCC)COC(OCC[N+](C)(C)C)C(=O)O. The lowest BCUT2D eigenvalue weighted by Crippen LogP contribution is -2.40. The van der Waals surface area contributed by atoms with Gasteiger partial charge in [0.2, 0.25) is 0 Å². The average Bonchev–Trinajstić information content (AvgIpc) is 3.21. The second-order valence-electron chi connectivity index (χ2n) is 16.3. The van der Waals surface area contributed by atoms with Gasteiger partial charge in [-0.05, 0) is 70.6 Å². The van der Waals surface area contributed by atoms with Crippen LogP contribution in [0.4, 0.5) is 0 Å². The van der Waals surface area contributed by atoms with Crippen LogP contribution in [0.15, 0.2) is 85.1 Å². The number of allylic oxidation sites excluding steroid dienone is 14. The van der Waals surface area contributed by atoms with Gasteiger partial charge in [0.1, 0.15) is 13.2 Å². The van der Waals surface area contributed by atoms with Gasteiger partial charge in [0.25, 0.3) is 6.29 Å². The molecule has 0 aromatic heterocycles. The van der Waals surface area contributed by atoms with Gasteiger partial charge in [-0.1, -0.05) is 163 Å². The first kappa shape index (κ1) is 56.5. The largest absolute Gasteiger partial charge is 0.477 e. The lowest BCUT2D eigenvalue weighted by atomic mass is 10.1. The summed E-state index contributed by atoms with van der Waals surface area (Å²) < 4.78 is 22.7. The van der Waals surface area contributed by atoms with E-state index in [0.717, 1.165) is 83.5 Å². The number of ether oxygens (including phenoxy) is 4. The molecule has 60 heavy (non-hydrogen) atoms. The maximum Gasteiger partial charge on any atom is 0.361 e. The molecule has 0 aromatic carbocycles. The number of quaternary nitrogens is 1. The summed E-state index contributed by atoms with van der Waals surface area (Å²) in [6, 6.07) is 0. The number of unbranched alkanes of at least 4 members (excludes halogenated alkanes) is 12. The molecule has 0 fully saturated rings. The van der Waals surface area contributed by atoms with Crippen LogP contribution in [0.5, 0.6) is 0 Å². The molecule has 0 aromatic rings. The van der Waals surface area contributed by atoms with Crippen LogP contribution >= 0.6 is 0 Å². The standard InChI is InChI=1S/C51H85NO8/c1-6-8-10-12-14-16-18-19-20-21-22-23-24-25-26-27-28-29-30-31-32-34-36-38-40-42-49(54)60-47(46-59-51(50(55)56)57-44-43-52(3,4)5)45-58-48(53)41-39-37-35-33-17-15-13-11-9-7-2/h8,10,14,16,19-20,22-23,25-26,28-29,31-32,47,51H,6-7,9,11-13,15,17-18,21,24,27,30,33-46H2,1-5H3/p+1/b10-8-,16-14-,20-19-,23-22-,26-25-,29-28-,32-31-. The molecule has 9 heteroatoms. The average molecular weight is 841 g/mol. The van der Waals surface area contributed by atoms with Crippen molar-refractivity contribution in [1.29, 1.82) is 0 Å². The summed E-state index contributed by atoms with van der Waals surface area (Å²) in [4.78, 5) is 37.1. The van der Waals surface area contributed by atoms with Gasteiger partial charge in [-0.25, -0.2) is 4.79 Å². The highest BCUT2D eigenvalue weighted by Crippen LogP contribution is 2.13. The number of nitrogens with zero attached hydrogens (tertiary/aromatic N) is 1. The van der Waals surface area contributed by atoms with E-state index in [2.05, 4.69) is 98.9 Å². The van der Waals surface area contributed by atoms with Crippen LogP contribution in [0.1, 0.15) is 162 Å². The fourth-order valence-electron chi connectivity index (χ4n) is 5.81. The van der Waals surface area contributed by atoms with Crippen molar-refractivity contribution in [1.82, 2.24) is 0 Å². The molecule has 9 nitrogen and oxygen atoms in total. The van der Waals surface area contributed by atoms with Crippen LogP contribution in [0.3, 0.4) is 0 Å². The van der Waals surface area contributed by atoms with E-state index in [0.29, 0.717) is 23.9 Å². The van der Waals surface area contributed by atoms with Gasteiger partial charge in [-0.15, -0.1) is 0 Å². The highest BCUT2D eigenvalue weighted by molar-refractivity contribution is 5.71. The van der Waals surface area contributed by atoms with E-state index >= 15 is 0 Å². The van der Waals surface area contributed by atoms with Crippen LogP contribution in [0, 0.1) is 0 Å². The van der Waals surface area contributed by atoms with Crippen molar-refractivity contribution in [2.45, 2.75) is 174 Å². The number of carboxylic acids is 1. The fourth-order valence-corrected chi connectivity index (χ4v) is 5.81. The summed E-state index contributed by atoms with van der Waals surface area (Å²) >= 11 is 0. The molecule has 1 N–H and O–H groups in total. The summed E-state index contributed by atoms with van der Waals surface area (Å²) in [6.07, 6.45) is 50.8. The Morgan fingerprint density at radius 1 is 0.517 bits per heavy atom. The Bertz CT molecular complexity index is 1260. The molecule has 0 bridgehead atoms. The minimum absolute atomic E-state index is 0.177. The highest BCUT2D eigenvalue weighted by atomic mass is 16.7. The Morgan fingerprint density at radius 3 is 1.42 bits per heavy atom. The minimum atomic E-state index is -1.52. The summed E-state index contributed by atoms with van der Waals surface area (Å²) in [6.45, 7) is 4.68. The number of rotatable bonds is 41. The van der Waals surface area contributed by atoms with Gasteiger partial charge in [0.15, 0.2) is 6.10 Å². The van der Waals surface area contributed by atoms with Crippen molar-refractivity contribution >= 4 is 17.9 Å². The molecule has 0 radical (unpaired) electrons. The smallest absolute Gasteiger partial charge is 0.361 e. The molecule has 0 amide bonds. The summed E-state index contributed by atoms with van der Waals surface area (Å²) in [5, 5.41) is 9.63. The third-order valence-electron chi connectivity index (χ3n) is 9.42. The quantitative estimate of drug-likeness (QED) is 0.0213. The Labute approximate surface area is 366 Å². The van der Waals surface area contributed by atoms with Crippen molar-refractivity contribution < 1.29 is 42.9 Å². The number of carboxylic acid groups (broad SMARTS) is 1. The van der Waals surface area contributed by atoms with E-state index in [9.17, 15) is 19.5 Å². The van der Waals surface area contributed by atoms with E-state index in [1.165, 1.54) is 44.9 Å². The molecule has 2 atom stereocenters. The van der Waals surface area contributed by atoms with Gasteiger partial charge in [0.05, 0.1) is 34.4 Å². The first-order chi connectivity index (χ1) is 29.1. The topological polar surface area (TPSA) is 108 Å². The summed E-state index contributed by atoms with van der Waals surface area (Å²) in [7, 11) is 5.93. The summed E-state index contributed by atoms with van der Waals surface area (Å²) in [5.74, 6) is -2.07. The lowest BCUT2D eigenvalue weighted by molar-refractivity contribution is -0.870. The van der Waals surface area contributed by atoms with Gasteiger partial charge in [-0.2, -0.15) is 0 Å². The Balaban J connectivity index is 4.44. The number of carbonyl (C=O) groups is 3. The van der Waals surface area contributed by atoms with E-state index < -0.39 is 24.3 Å². The number of hydrogen-bond donors (Lipinski definition) is 1. The number of carbonyl (C=O) groups excluding carboxylic acids is 2. The molecule has 0 spiro atoms. The normalized spacial score (nSPS) is 13.7. The zero-order chi connectivity index (χ0) is 44.2. The molecule has 342 valence electrons. The minimum Gasteiger partial charge on any atom is -0.477 e. The predicted octanol–water partition coefficient (Wildman–Crippen LogP) is 12.5. The molecular weight excluding hydrogens is 755 g/mol. The molecule has 0 saturated heterocycles. The van der Waals surface area contributed by atoms with Gasteiger partial charge < -0.3 is 28.5 Å². The van der Waals surface area contributed by atoms with Crippen molar-refractivity contribution in [3.05, 3.63) is 85.1 Å². The maximum absolute atomic E-state index is 12.8.